The molecule has 1 N–H and O–H groups in total. The Bertz CT molecular complexity index is 697. The van der Waals surface area contributed by atoms with Crippen LogP contribution in [0.3, 0.4) is 0 Å². The lowest BCUT2D eigenvalue weighted by Gasteiger charge is -2.35. The average molecular weight is 299 g/mol. The molecule has 1 amide bonds. The van der Waals surface area contributed by atoms with Gasteiger partial charge in [0.1, 0.15) is 17.8 Å². The number of anilines is 1. The van der Waals surface area contributed by atoms with Crippen molar-refractivity contribution < 1.29 is 4.79 Å². The van der Waals surface area contributed by atoms with Crippen molar-refractivity contribution in [2.75, 3.05) is 18.0 Å². The molecule has 6 heteroatoms. The molecule has 0 radical (unpaired) electrons. The number of nitrogens with one attached hydrogen (secondary N) is 1. The first-order valence-corrected chi connectivity index (χ1v) is 8.07. The lowest BCUT2D eigenvalue weighted by molar-refractivity contribution is -0.129. The molecular weight excluding hydrogens is 278 g/mol. The van der Waals surface area contributed by atoms with E-state index >= 15 is 0 Å². The van der Waals surface area contributed by atoms with E-state index in [1.165, 1.54) is 0 Å². The summed E-state index contributed by atoms with van der Waals surface area (Å²) in [6.45, 7) is 3.59. The van der Waals surface area contributed by atoms with Crippen molar-refractivity contribution in [1.82, 2.24) is 19.9 Å². The minimum absolute atomic E-state index is 0.198. The summed E-state index contributed by atoms with van der Waals surface area (Å²) in [6.07, 6.45) is 8.03. The molecule has 4 heterocycles. The fourth-order valence-electron chi connectivity index (χ4n) is 4.13. The van der Waals surface area contributed by atoms with E-state index in [1.807, 2.05) is 12.3 Å². The van der Waals surface area contributed by atoms with Crippen LogP contribution < -0.4 is 4.90 Å². The second-order valence-corrected chi connectivity index (χ2v) is 6.26. The summed E-state index contributed by atoms with van der Waals surface area (Å²) in [5, 5.41) is 1.07. The van der Waals surface area contributed by atoms with Crippen LogP contribution in [0.15, 0.2) is 18.6 Å². The maximum Gasteiger partial charge on any atom is 0.219 e. The van der Waals surface area contributed by atoms with Gasteiger partial charge >= 0.3 is 0 Å². The van der Waals surface area contributed by atoms with Crippen LogP contribution >= 0.6 is 0 Å². The van der Waals surface area contributed by atoms with E-state index in [9.17, 15) is 4.79 Å². The molecule has 2 fully saturated rings. The first-order valence-electron chi connectivity index (χ1n) is 8.07. The third-order valence-corrected chi connectivity index (χ3v) is 5.05. The van der Waals surface area contributed by atoms with Gasteiger partial charge in [-0.05, 0) is 31.7 Å². The fraction of sp³-hybridized carbons (Fsp3) is 0.562. The molecule has 2 saturated heterocycles. The molecule has 0 spiro atoms. The smallest absolute Gasteiger partial charge is 0.219 e. The first kappa shape index (κ1) is 13.5. The fourth-order valence-corrected chi connectivity index (χ4v) is 4.13. The predicted octanol–water partition coefficient (Wildman–Crippen LogP) is 1.94. The summed E-state index contributed by atoms with van der Waals surface area (Å²) in [4.78, 5) is 28.3. The highest BCUT2D eigenvalue weighted by molar-refractivity contribution is 5.87. The summed E-state index contributed by atoms with van der Waals surface area (Å²) >= 11 is 0. The van der Waals surface area contributed by atoms with Crippen molar-refractivity contribution in [2.45, 2.75) is 44.7 Å². The summed E-state index contributed by atoms with van der Waals surface area (Å²) < 4.78 is 0. The highest BCUT2D eigenvalue weighted by atomic mass is 16.2. The highest BCUT2D eigenvalue weighted by Gasteiger charge is 2.39. The van der Waals surface area contributed by atoms with Gasteiger partial charge in [0.15, 0.2) is 0 Å². The molecule has 0 aliphatic carbocycles. The number of hydrogen-bond acceptors (Lipinski definition) is 4. The van der Waals surface area contributed by atoms with Gasteiger partial charge < -0.3 is 14.8 Å². The molecule has 116 valence electrons. The van der Waals surface area contributed by atoms with E-state index in [0.29, 0.717) is 12.1 Å². The van der Waals surface area contributed by atoms with Crippen molar-refractivity contribution >= 4 is 22.8 Å². The number of fused-ring (bicyclic) bond motifs is 1. The Kier molecular flexibility index (Phi) is 3.24. The monoisotopic (exact) mass is 299 g/mol. The summed E-state index contributed by atoms with van der Waals surface area (Å²) in [5.41, 5.74) is 0.880. The highest BCUT2D eigenvalue weighted by Crippen LogP contribution is 2.35. The van der Waals surface area contributed by atoms with Crippen LogP contribution in [0, 0.1) is 0 Å². The van der Waals surface area contributed by atoms with Gasteiger partial charge in [0.05, 0.1) is 17.5 Å². The molecule has 2 aliphatic rings. The van der Waals surface area contributed by atoms with Crippen LogP contribution in [-0.2, 0) is 4.79 Å². The molecule has 0 aromatic carbocycles. The Morgan fingerprint density at radius 1 is 1.23 bits per heavy atom. The average Bonchev–Trinajstić information content (AvgIpc) is 3.25. The first-order chi connectivity index (χ1) is 10.8. The minimum atomic E-state index is 0.198. The minimum Gasteiger partial charge on any atom is -0.351 e. The van der Waals surface area contributed by atoms with Gasteiger partial charge in [0.2, 0.25) is 5.91 Å². The number of carbonyl (C=O) groups excluding carboxylic acids is 1. The van der Waals surface area contributed by atoms with Crippen molar-refractivity contribution in [2.24, 2.45) is 0 Å². The van der Waals surface area contributed by atoms with Crippen molar-refractivity contribution in [3.05, 3.63) is 18.6 Å². The molecule has 4 rings (SSSR count). The Labute approximate surface area is 129 Å². The molecule has 6 nitrogen and oxygen atoms in total. The van der Waals surface area contributed by atoms with Crippen LogP contribution in [0.5, 0.6) is 0 Å². The maximum absolute atomic E-state index is 11.9. The van der Waals surface area contributed by atoms with E-state index in [2.05, 4.69) is 24.8 Å². The van der Waals surface area contributed by atoms with Crippen LogP contribution in [0.4, 0.5) is 5.82 Å². The molecule has 0 unspecified atom stereocenters. The Morgan fingerprint density at radius 2 is 2.05 bits per heavy atom. The van der Waals surface area contributed by atoms with E-state index in [1.54, 1.807) is 13.3 Å². The number of hydrogen-bond donors (Lipinski definition) is 1. The number of likely N-dealkylation sites (tertiary alicyclic amines) is 1. The van der Waals surface area contributed by atoms with Crippen molar-refractivity contribution in [3.63, 3.8) is 0 Å². The van der Waals surface area contributed by atoms with E-state index in [-0.39, 0.29) is 5.91 Å². The molecular formula is C16H21N5O. The zero-order chi connectivity index (χ0) is 15.1. The number of rotatable bonds is 2. The van der Waals surface area contributed by atoms with Crippen LogP contribution in [0.25, 0.3) is 11.0 Å². The number of nitrogens with zero attached hydrogens (tertiary/aromatic N) is 4. The third kappa shape index (κ3) is 2.05. The Hall–Kier alpha value is -2.11. The Balaban J connectivity index is 1.69. The van der Waals surface area contributed by atoms with Gasteiger partial charge in [-0.15, -0.1) is 0 Å². The standard InChI is InChI=1S/C16H21N5O/c1-11(22)20-8-2-4-13(20)14-5-3-9-21(14)16-12-6-7-17-15(12)18-10-19-16/h6-7,10,13-14H,2-5,8-9H2,1H3,(H,17,18,19)/t13-,14-/m1/s1. The van der Waals surface area contributed by atoms with Crippen LogP contribution in [0.2, 0.25) is 0 Å². The zero-order valence-electron chi connectivity index (χ0n) is 12.8. The molecule has 2 aromatic heterocycles. The zero-order valence-corrected chi connectivity index (χ0v) is 12.8. The number of aromatic amines is 1. The van der Waals surface area contributed by atoms with Gasteiger partial charge in [0.25, 0.3) is 0 Å². The van der Waals surface area contributed by atoms with Crippen molar-refractivity contribution in [1.29, 1.82) is 0 Å². The van der Waals surface area contributed by atoms with E-state index < -0.39 is 0 Å². The van der Waals surface area contributed by atoms with Gasteiger partial charge in [0, 0.05) is 26.2 Å². The second kappa shape index (κ2) is 5.26. The number of carbonyl (C=O) groups is 1. The topological polar surface area (TPSA) is 65.1 Å². The van der Waals surface area contributed by atoms with Gasteiger partial charge in [-0.2, -0.15) is 0 Å². The summed E-state index contributed by atoms with van der Waals surface area (Å²) in [5.74, 6) is 1.20. The summed E-state index contributed by atoms with van der Waals surface area (Å²) in [7, 11) is 0. The second-order valence-electron chi connectivity index (χ2n) is 6.26. The quantitative estimate of drug-likeness (QED) is 0.920. The SMILES string of the molecule is CC(=O)N1CCC[C@@H]1[C@H]1CCCN1c1ncnc2[nH]ccc12. The van der Waals surface area contributed by atoms with Gasteiger partial charge in [-0.3, -0.25) is 4.79 Å². The number of H-pyrrole nitrogens is 1. The number of amides is 1. The van der Waals surface area contributed by atoms with Gasteiger partial charge in [-0.1, -0.05) is 0 Å². The summed E-state index contributed by atoms with van der Waals surface area (Å²) in [6, 6.07) is 2.74. The van der Waals surface area contributed by atoms with E-state index in [0.717, 1.165) is 55.6 Å². The molecule has 22 heavy (non-hydrogen) atoms. The van der Waals surface area contributed by atoms with Crippen LogP contribution in [-0.4, -0.2) is 50.9 Å². The molecule has 2 aromatic rings. The Morgan fingerprint density at radius 3 is 2.91 bits per heavy atom. The normalized spacial score (nSPS) is 25.3. The maximum atomic E-state index is 11.9. The van der Waals surface area contributed by atoms with Crippen LogP contribution in [0.1, 0.15) is 32.6 Å². The predicted molar refractivity (Wildman–Crippen MR) is 84.7 cm³/mol. The van der Waals surface area contributed by atoms with Gasteiger partial charge in [-0.25, -0.2) is 9.97 Å². The van der Waals surface area contributed by atoms with Crippen molar-refractivity contribution in [3.8, 4) is 0 Å². The lowest BCUT2D eigenvalue weighted by atomic mass is 10.0. The number of aromatic nitrogens is 3. The molecule has 0 saturated carbocycles. The largest absolute Gasteiger partial charge is 0.351 e. The van der Waals surface area contributed by atoms with E-state index in [4.69, 9.17) is 0 Å². The third-order valence-electron chi connectivity index (χ3n) is 5.05. The molecule has 2 aliphatic heterocycles. The molecule has 2 atom stereocenters. The lowest BCUT2D eigenvalue weighted by Crippen LogP contribution is -2.48. The molecule has 0 bridgehead atoms.